The summed E-state index contributed by atoms with van der Waals surface area (Å²) in [5.74, 6) is 1.61. The maximum Gasteiger partial charge on any atom is 0.238 e. The fourth-order valence-corrected chi connectivity index (χ4v) is 12.4. The molecule has 6 nitrogen and oxygen atoms in total. The van der Waals surface area contributed by atoms with Crippen LogP contribution in [0.25, 0.3) is 127 Å². The first kappa shape index (κ1) is 36.1. The number of benzene rings is 10. The van der Waals surface area contributed by atoms with Crippen molar-refractivity contribution < 1.29 is 8.83 Å². The van der Waals surface area contributed by atoms with Crippen LogP contribution in [0.1, 0.15) is 22.3 Å². The van der Waals surface area contributed by atoms with Gasteiger partial charge in [0.25, 0.3) is 0 Å². The van der Waals surface area contributed by atoms with Crippen molar-refractivity contribution in [2.45, 2.75) is 5.41 Å². The molecule has 2 aliphatic carbocycles. The van der Waals surface area contributed by atoms with Crippen LogP contribution in [0.4, 0.5) is 0 Å². The number of nitrogens with zero attached hydrogens (tertiary/aromatic N) is 4. The van der Waals surface area contributed by atoms with Gasteiger partial charge in [-0.15, -0.1) is 0 Å². The Kier molecular flexibility index (Phi) is 6.92. The monoisotopic (exact) mass is 866 g/mol. The molecule has 0 saturated heterocycles. The molecule has 0 bridgehead atoms. The fraction of sp³-hybridized carbons (Fsp3) is 0.0161. The zero-order chi connectivity index (χ0) is 44.2. The number of rotatable bonds is 3. The molecule has 4 heterocycles. The number of furan rings is 2. The molecule has 0 unspecified atom stereocenters. The summed E-state index contributed by atoms with van der Waals surface area (Å²) < 4.78 is 15.3. The Bertz CT molecular complexity index is 4350. The van der Waals surface area contributed by atoms with Crippen LogP contribution < -0.4 is 0 Å². The number of para-hydroxylation sites is 3. The Morgan fingerprint density at radius 2 is 0.779 bits per heavy atom. The van der Waals surface area contributed by atoms with E-state index in [0.717, 1.165) is 71.4 Å². The lowest BCUT2D eigenvalue weighted by atomic mass is 9.70. The zero-order valence-corrected chi connectivity index (χ0v) is 36.2. The lowest BCUT2D eigenvalue weighted by molar-refractivity contribution is 0.668. The van der Waals surface area contributed by atoms with Crippen LogP contribution in [0.5, 0.6) is 0 Å². The van der Waals surface area contributed by atoms with Crippen molar-refractivity contribution in [2.24, 2.45) is 0 Å². The van der Waals surface area contributed by atoms with E-state index in [1.165, 1.54) is 60.7 Å². The van der Waals surface area contributed by atoms with Crippen LogP contribution in [0.15, 0.2) is 215 Å². The van der Waals surface area contributed by atoms with E-state index in [0.29, 0.717) is 17.6 Å². The van der Waals surface area contributed by atoms with Crippen LogP contribution in [0.3, 0.4) is 0 Å². The Morgan fingerprint density at radius 3 is 1.38 bits per heavy atom. The van der Waals surface area contributed by atoms with Gasteiger partial charge in [-0.05, 0) is 80.0 Å². The highest BCUT2D eigenvalue weighted by atomic mass is 16.3. The van der Waals surface area contributed by atoms with Crippen molar-refractivity contribution in [1.29, 1.82) is 0 Å². The first-order chi connectivity index (χ1) is 33.8. The minimum absolute atomic E-state index is 0.522. The summed E-state index contributed by atoms with van der Waals surface area (Å²) in [5.41, 5.74) is 16.3. The number of hydrogen-bond acceptors (Lipinski definition) is 5. The molecule has 2 aliphatic rings. The predicted octanol–water partition coefficient (Wildman–Crippen LogP) is 15.6. The standard InChI is InChI=1S/C62H34N4O2/c1-2-20-38-37(19-1)55-39-21-5-11-29-47(39)62(45-27-9-3-17-35(45)36-18-4-10-28-46(36)62)57(55)58-56(38)40-22-6-12-30-48(40)66(58)61-64-59(43-25-15-33-51-53(43)41-23-7-13-31-49(41)67-51)63-60(65-61)44-26-16-34-52-54(44)42-24-8-14-32-50(42)68-52/h1-34H. The Morgan fingerprint density at radius 1 is 0.338 bits per heavy atom. The second kappa shape index (κ2) is 13.0. The SMILES string of the molecule is c1ccc2c(c1)-c1ccccc1C21c2ccccc2-c2c1c1c(c3ccccc23)c2ccccc2n1-c1nc(-c2cccc3oc4ccccc4c23)nc(-c2cccc3oc4ccccc4c23)n1. The van der Waals surface area contributed by atoms with Gasteiger partial charge in [0, 0.05) is 49.0 Å². The van der Waals surface area contributed by atoms with E-state index in [1.54, 1.807) is 0 Å². The Hall–Kier alpha value is -9.13. The second-order valence-electron chi connectivity index (χ2n) is 18.1. The molecule has 1 spiro atoms. The molecule has 0 aliphatic heterocycles. The minimum Gasteiger partial charge on any atom is -0.456 e. The molecule has 16 rings (SSSR count). The largest absolute Gasteiger partial charge is 0.456 e. The van der Waals surface area contributed by atoms with E-state index >= 15 is 0 Å². The molecular weight excluding hydrogens is 833 g/mol. The number of aromatic nitrogens is 4. The topological polar surface area (TPSA) is 69.9 Å². The summed E-state index contributed by atoms with van der Waals surface area (Å²) in [5, 5.41) is 8.62. The summed E-state index contributed by atoms with van der Waals surface area (Å²) in [6.07, 6.45) is 0. The Labute approximate surface area is 388 Å². The molecule has 0 atom stereocenters. The maximum absolute atomic E-state index is 6.49. The fourth-order valence-electron chi connectivity index (χ4n) is 12.4. The van der Waals surface area contributed by atoms with E-state index < -0.39 is 5.41 Å². The van der Waals surface area contributed by atoms with Crippen molar-refractivity contribution >= 4 is 76.5 Å². The molecule has 0 saturated carbocycles. The Balaban J connectivity index is 1.12. The van der Waals surface area contributed by atoms with Gasteiger partial charge in [-0.25, -0.2) is 4.98 Å². The lowest BCUT2D eigenvalue weighted by Gasteiger charge is -2.31. The van der Waals surface area contributed by atoms with Crippen molar-refractivity contribution in [3.63, 3.8) is 0 Å². The van der Waals surface area contributed by atoms with Gasteiger partial charge in [0.2, 0.25) is 5.95 Å². The second-order valence-corrected chi connectivity index (χ2v) is 18.1. The van der Waals surface area contributed by atoms with Crippen molar-refractivity contribution in [1.82, 2.24) is 19.5 Å². The van der Waals surface area contributed by atoms with Gasteiger partial charge in [-0.3, -0.25) is 4.57 Å². The van der Waals surface area contributed by atoms with Gasteiger partial charge in [0.1, 0.15) is 22.3 Å². The highest BCUT2D eigenvalue weighted by Crippen LogP contribution is 2.66. The molecule has 314 valence electrons. The van der Waals surface area contributed by atoms with Gasteiger partial charge in [0.05, 0.1) is 16.4 Å². The maximum atomic E-state index is 6.49. The van der Waals surface area contributed by atoms with Crippen LogP contribution in [-0.4, -0.2) is 19.5 Å². The van der Waals surface area contributed by atoms with Gasteiger partial charge in [0.15, 0.2) is 11.6 Å². The van der Waals surface area contributed by atoms with Crippen molar-refractivity contribution in [2.75, 3.05) is 0 Å². The van der Waals surface area contributed by atoms with E-state index in [2.05, 4.69) is 162 Å². The van der Waals surface area contributed by atoms with E-state index in [1.807, 2.05) is 48.5 Å². The van der Waals surface area contributed by atoms with Crippen LogP contribution in [-0.2, 0) is 5.41 Å². The van der Waals surface area contributed by atoms with Crippen LogP contribution >= 0.6 is 0 Å². The summed E-state index contributed by atoms with van der Waals surface area (Å²) in [6.45, 7) is 0. The molecule has 14 aromatic rings. The highest BCUT2D eigenvalue weighted by Gasteiger charge is 2.53. The van der Waals surface area contributed by atoms with Crippen LogP contribution in [0, 0.1) is 0 Å². The molecule has 10 aromatic carbocycles. The van der Waals surface area contributed by atoms with E-state index in [9.17, 15) is 0 Å². The molecular formula is C62H34N4O2. The summed E-state index contributed by atoms with van der Waals surface area (Å²) in [6, 6.07) is 73.5. The highest BCUT2D eigenvalue weighted by molar-refractivity contribution is 6.28. The third kappa shape index (κ3) is 4.44. The molecule has 4 aromatic heterocycles. The minimum atomic E-state index is -0.658. The molecule has 0 radical (unpaired) electrons. The summed E-state index contributed by atoms with van der Waals surface area (Å²) >= 11 is 0. The van der Waals surface area contributed by atoms with Crippen molar-refractivity contribution in [3.8, 4) is 51.0 Å². The molecule has 68 heavy (non-hydrogen) atoms. The number of hydrogen-bond donors (Lipinski definition) is 0. The van der Waals surface area contributed by atoms with E-state index in [4.69, 9.17) is 23.8 Å². The molecule has 6 heteroatoms. The average molecular weight is 867 g/mol. The van der Waals surface area contributed by atoms with Crippen LogP contribution in [0.2, 0.25) is 0 Å². The molecule has 0 amide bonds. The van der Waals surface area contributed by atoms with Gasteiger partial charge < -0.3 is 8.83 Å². The van der Waals surface area contributed by atoms with Crippen molar-refractivity contribution in [3.05, 3.63) is 229 Å². The first-order valence-corrected chi connectivity index (χ1v) is 23.1. The average Bonchev–Trinajstić information content (AvgIpc) is 4.20. The third-order valence-corrected chi connectivity index (χ3v) is 14.9. The third-order valence-electron chi connectivity index (χ3n) is 14.9. The first-order valence-electron chi connectivity index (χ1n) is 23.1. The smallest absolute Gasteiger partial charge is 0.238 e. The van der Waals surface area contributed by atoms with Gasteiger partial charge >= 0.3 is 0 Å². The summed E-state index contributed by atoms with van der Waals surface area (Å²) in [7, 11) is 0. The molecule has 0 fully saturated rings. The number of fused-ring (bicyclic) bond motifs is 23. The van der Waals surface area contributed by atoms with Gasteiger partial charge in [-0.2, -0.15) is 9.97 Å². The van der Waals surface area contributed by atoms with Gasteiger partial charge in [-0.1, -0.05) is 176 Å². The quantitative estimate of drug-likeness (QED) is 0.177. The molecule has 0 N–H and O–H groups in total. The normalized spacial score (nSPS) is 13.4. The summed E-state index contributed by atoms with van der Waals surface area (Å²) in [4.78, 5) is 16.8. The predicted molar refractivity (Wildman–Crippen MR) is 273 cm³/mol. The van der Waals surface area contributed by atoms with E-state index in [-0.39, 0.29) is 0 Å². The lowest BCUT2D eigenvalue weighted by Crippen LogP contribution is -2.26. The zero-order valence-electron chi connectivity index (χ0n) is 36.2.